The van der Waals surface area contributed by atoms with Crippen molar-refractivity contribution >= 4 is 18.2 Å². The smallest absolute Gasteiger partial charge is 0.185 e. The van der Waals surface area contributed by atoms with Crippen molar-refractivity contribution < 1.29 is 4.79 Å². The third-order valence-electron chi connectivity index (χ3n) is 2.39. The van der Waals surface area contributed by atoms with Crippen LogP contribution in [0.5, 0.6) is 0 Å². The zero-order chi connectivity index (χ0) is 13.5. The maximum atomic E-state index is 12.0. The number of ketones is 1. The molecular formula is C13H20N4O. The van der Waals surface area contributed by atoms with Crippen LogP contribution in [-0.4, -0.2) is 56.4 Å². The van der Waals surface area contributed by atoms with Crippen molar-refractivity contribution in [2.24, 2.45) is 10.2 Å². The Morgan fingerprint density at radius 3 is 1.61 bits per heavy atom. The van der Waals surface area contributed by atoms with Crippen LogP contribution in [0.1, 0.15) is 12.8 Å². The zero-order valence-electron chi connectivity index (χ0n) is 11.4. The number of allylic oxidation sites excluding steroid dienone is 4. The van der Waals surface area contributed by atoms with Gasteiger partial charge in [-0.3, -0.25) is 4.79 Å². The molecule has 0 aromatic carbocycles. The number of hydrogen-bond acceptors (Lipinski definition) is 5. The van der Waals surface area contributed by atoms with Crippen molar-refractivity contribution in [3.05, 3.63) is 23.3 Å². The third kappa shape index (κ3) is 4.53. The van der Waals surface area contributed by atoms with Gasteiger partial charge in [0, 0.05) is 51.8 Å². The Labute approximate surface area is 108 Å². The van der Waals surface area contributed by atoms with E-state index in [0.29, 0.717) is 0 Å². The normalized spacial score (nSPS) is 20.8. The molecule has 0 aliphatic heterocycles. The van der Waals surface area contributed by atoms with Crippen LogP contribution >= 0.6 is 0 Å². The molecular weight excluding hydrogens is 228 g/mol. The van der Waals surface area contributed by atoms with Gasteiger partial charge in [0.1, 0.15) is 0 Å². The molecule has 1 saturated carbocycles. The number of Topliss-reactive ketones (excluding diaryl/α,β-unsaturated/α-hetero) is 1. The lowest BCUT2D eigenvalue weighted by Gasteiger charge is -2.00. The second kappa shape index (κ2) is 6.74. The Balaban J connectivity index is 2.67. The Hall–Kier alpha value is -1.91. The van der Waals surface area contributed by atoms with Crippen LogP contribution in [0, 0.1) is 0 Å². The van der Waals surface area contributed by atoms with Gasteiger partial charge in [-0.1, -0.05) is 0 Å². The van der Waals surface area contributed by atoms with E-state index in [1.807, 2.05) is 28.2 Å². The van der Waals surface area contributed by atoms with Crippen LogP contribution in [0.25, 0.3) is 0 Å². The maximum absolute atomic E-state index is 12.0. The summed E-state index contributed by atoms with van der Waals surface area (Å²) in [5.41, 5.74) is 1.62. The van der Waals surface area contributed by atoms with E-state index in [0.717, 1.165) is 24.0 Å². The van der Waals surface area contributed by atoms with Crippen LogP contribution in [0.2, 0.25) is 0 Å². The lowest BCUT2D eigenvalue weighted by atomic mass is 10.1. The van der Waals surface area contributed by atoms with Gasteiger partial charge in [0.15, 0.2) is 5.78 Å². The minimum Gasteiger partial charge on any atom is -0.303 e. The van der Waals surface area contributed by atoms with E-state index in [2.05, 4.69) is 10.2 Å². The summed E-state index contributed by atoms with van der Waals surface area (Å²) >= 11 is 0. The first-order valence-corrected chi connectivity index (χ1v) is 5.86. The summed E-state index contributed by atoms with van der Waals surface area (Å²) < 4.78 is 0. The summed E-state index contributed by atoms with van der Waals surface area (Å²) in [5.74, 6) is 0.102. The zero-order valence-corrected chi connectivity index (χ0v) is 11.4. The molecule has 0 saturated heterocycles. The standard InChI is InChI=1S/C13H20N4O/c1-16(2)14-9-7-11-5-6-12(13(11)18)8-10-15-17(3)4/h7-10H,5-6H2,1-4H3/b11-7+,12-8+,14-9-,15-10-. The lowest BCUT2D eigenvalue weighted by Crippen LogP contribution is -2.02. The molecule has 0 amide bonds. The Morgan fingerprint density at radius 1 is 0.889 bits per heavy atom. The molecule has 0 unspecified atom stereocenters. The van der Waals surface area contributed by atoms with E-state index in [-0.39, 0.29) is 5.78 Å². The highest BCUT2D eigenvalue weighted by Gasteiger charge is 2.21. The summed E-state index contributed by atoms with van der Waals surface area (Å²) in [4.78, 5) is 12.0. The van der Waals surface area contributed by atoms with Gasteiger partial charge < -0.3 is 10.0 Å². The van der Waals surface area contributed by atoms with Gasteiger partial charge in [-0.05, 0) is 25.0 Å². The van der Waals surface area contributed by atoms with E-state index in [1.165, 1.54) is 0 Å². The largest absolute Gasteiger partial charge is 0.303 e. The molecule has 0 bridgehead atoms. The lowest BCUT2D eigenvalue weighted by molar-refractivity contribution is -0.111. The van der Waals surface area contributed by atoms with Gasteiger partial charge in [-0.25, -0.2) is 0 Å². The fourth-order valence-corrected chi connectivity index (χ4v) is 1.53. The number of hydrazone groups is 2. The van der Waals surface area contributed by atoms with E-state index in [9.17, 15) is 4.79 Å². The molecule has 0 atom stereocenters. The number of nitrogens with zero attached hydrogens (tertiary/aromatic N) is 4. The quantitative estimate of drug-likeness (QED) is 0.428. The second-order valence-corrected chi connectivity index (χ2v) is 4.44. The van der Waals surface area contributed by atoms with Crippen molar-refractivity contribution in [2.75, 3.05) is 28.2 Å². The number of rotatable bonds is 4. The van der Waals surface area contributed by atoms with E-state index >= 15 is 0 Å². The Bertz CT molecular complexity index is 379. The van der Waals surface area contributed by atoms with Crippen molar-refractivity contribution in [3.8, 4) is 0 Å². The average molecular weight is 248 g/mol. The average Bonchev–Trinajstić information content (AvgIpc) is 2.60. The molecule has 18 heavy (non-hydrogen) atoms. The first-order chi connectivity index (χ1) is 8.50. The highest BCUT2D eigenvalue weighted by Crippen LogP contribution is 2.25. The number of hydrogen-bond donors (Lipinski definition) is 0. The Morgan fingerprint density at radius 2 is 1.28 bits per heavy atom. The predicted octanol–water partition coefficient (Wildman–Crippen LogP) is 1.30. The first-order valence-electron chi connectivity index (χ1n) is 5.86. The highest BCUT2D eigenvalue weighted by molar-refractivity contribution is 6.13. The molecule has 0 aromatic heterocycles. The summed E-state index contributed by atoms with van der Waals surface area (Å²) in [7, 11) is 7.37. The van der Waals surface area contributed by atoms with Gasteiger partial charge in [-0.2, -0.15) is 10.2 Å². The molecule has 5 heteroatoms. The highest BCUT2D eigenvalue weighted by atomic mass is 16.1. The molecule has 0 radical (unpaired) electrons. The Kier molecular flexibility index (Phi) is 5.30. The predicted molar refractivity (Wildman–Crippen MR) is 74.8 cm³/mol. The third-order valence-corrected chi connectivity index (χ3v) is 2.39. The van der Waals surface area contributed by atoms with Crippen LogP contribution in [0.3, 0.4) is 0 Å². The van der Waals surface area contributed by atoms with Gasteiger partial charge in [-0.15, -0.1) is 0 Å². The topological polar surface area (TPSA) is 48.3 Å². The van der Waals surface area contributed by atoms with Crippen molar-refractivity contribution in [1.82, 2.24) is 10.0 Å². The molecule has 0 spiro atoms. The molecule has 1 fully saturated rings. The molecule has 0 N–H and O–H groups in total. The summed E-state index contributed by atoms with van der Waals surface area (Å²) in [6.45, 7) is 0. The monoisotopic (exact) mass is 248 g/mol. The molecule has 1 aliphatic rings. The molecule has 1 aliphatic carbocycles. The van der Waals surface area contributed by atoms with E-state index in [4.69, 9.17) is 0 Å². The number of carbonyl (C=O) groups excluding carboxylic acids is 1. The van der Waals surface area contributed by atoms with Gasteiger partial charge in [0.25, 0.3) is 0 Å². The van der Waals surface area contributed by atoms with E-state index < -0.39 is 0 Å². The van der Waals surface area contributed by atoms with Crippen LogP contribution in [-0.2, 0) is 4.79 Å². The molecule has 1 rings (SSSR count). The molecule has 5 nitrogen and oxygen atoms in total. The van der Waals surface area contributed by atoms with Crippen LogP contribution in [0.15, 0.2) is 33.5 Å². The van der Waals surface area contributed by atoms with E-state index in [1.54, 1.807) is 34.6 Å². The van der Waals surface area contributed by atoms with Crippen molar-refractivity contribution in [3.63, 3.8) is 0 Å². The van der Waals surface area contributed by atoms with Gasteiger partial charge in [0.05, 0.1) is 0 Å². The molecule has 98 valence electrons. The second-order valence-electron chi connectivity index (χ2n) is 4.44. The fraction of sp³-hybridized carbons (Fsp3) is 0.462. The maximum Gasteiger partial charge on any atom is 0.185 e. The summed E-state index contributed by atoms with van der Waals surface area (Å²) in [6.07, 6.45) is 8.44. The summed E-state index contributed by atoms with van der Waals surface area (Å²) in [5, 5.41) is 11.5. The SMILES string of the molecule is CN(C)/N=C\C=C1/CC/C(=C\C=N/N(C)C)C1=O. The number of carbonyl (C=O) groups is 1. The van der Waals surface area contributed by atoms with Crippen LogP contribution in [0.4, 0.5) is 0 Å². The van der Waals surface area contributed by atoms with Crippen molar-refractivity contribution in [2.45, 2.75) is 12.8 Å². The minimum atomic E-state index is 0.102. The van der Waals surface area contributed by atoms with Gasteiger partial charge >= 0.3 is 0 Å². The molecule has 0 aromatic rings. The van der Waals surface area contributed by atoms with Gasteiger partial charge in [0.2, 0.25) is 0 Å². The first kappa shape index (κ1) is 14.2. The van der Waals surface area contributed by atoms with Crippen LogP contribution < -0.4 is 0 Å². The molecule has 0 heterocycles. The van der Waals surface area contributed by atoms with Crippen molar-refractivity contribution in [1.29, 1.82) is 0 Å². The summed E-state index contributed by atoms with van der Waals surface area (Å²) in [6, 6.07) is 0. The fourth-order valence-electron chi connectivity index (χ4n) is 1.53. The minimum absolute atomic E-state index is 0.102.